The lowest BCUT2D eigenvalue weighted by Gasteiger charge is -2.36. The fourth-order valence-corrected chi connectivity index (χ4v) is 5.55. The maximum absolute atomic E-state index is 12.8. The highest BCUT2D eigenvalue weighted by atomic mass is 35.5. The topological polar surface area (TPSA) is 60.9 Å². The maximum Gasteiger partial charge on any atom is 0.282 e. The Morgan fingerprint density at radius 3 is 2.00 bits per heavy atom. The average molecular weight is 420 g/mol. The molecule has 0 aliphatic carbocycles. The van der Waals surface area contributed by atoms with E-state index in [0.717, 1.165) is 25.7 Å². The summed E-state index contributed by atoms with van der Waals surface area (Å²) in [7, 11) is -3.45. The largest absolute Gasteiger partial charge is 0.336 e. The predicted molar refractivity (Wildman–Crippen MR) is 103 cm³/mol. The minimum absolute atomic E-state index is 0.196. The summed E-state index contributed by atoms with van der Waals surface area (Å²) >= 11 is 12.0. The second kappa shape index (κ2) is 8.44. The SMILES string of the molecule is O=C(c1ccc(Cl)cc1Cl)N1CCN(S(=O)(=O)N2CCCCCC2)CC1. The van der Waals surface area contributed by atoms with E-state index in [9.17, 15) is 13.2 Å². The van der Waals surface area contributed by atoms with Crippen molar-refractivity contribution in [2.24, 2.45) is 0 Å². The lowest BCUT2D eigenvalue weighted by Crippen LogP contribution is -2.54. The molecule has 1 amide bonds. The minimum Gasteiger partial charge on any atom is -0.336 e. The van der Waals surface area contributed by atoms with Crippen molar-refractivity contribution in [1.29, 1.82) is 0 Å². The van der Waals surface area contributed by atoms with Crippen LogP contribution < -0.4 is 0 Å². The van der Waals surface area contributed by atoms with Crippen molar-refractivity contribution in [3.05, 3.63) is 33.8 Å². The molecular formula is C17H23Cl2N3O3S. The number of piperazine rings is 1. The van der Waals surface area contributed by atoms with Gasteiger partial charge >= 0.3 is 0 Å². The zero-order valence-electron chi connectivity index (χ0n) is 14.5. The molecule has 2 aliphatic heterocycles. The molecule has 0 N–H and O–H groups in total. The van der Waals surface area contributed by atoms with Crippen molar-refractivity contribution in [2.45, 2.75) is 25.7 Å². The predicted octanol–water partition coefficient (Wildman–Crippen LogP) is 2.87. The molecule has 0 spiro atoms. The second-order valence-electron chi connectivity index (χ2n) is 6.64. The van der Waals surface area contributed by atoms with E-state index >= 15 is 0 Å². The number of carbonyl (C=O) groups is 1. The summed E-state index contributed by atoms with van der Waals surface area (Å²) in [4.78, 5) is 14.3. The van der Waals surface area contributed by atoms with E-state index < -0.39 is 10.2 Å². The van der Waals surface area contributed by atoms with Gasteiger partial charge in [-0.1, -0.05) is 36.0 Å². The molecule has 6 nitrogen and oxygen atoms in total. The third-order valence-corrected chi connectivity index (χ3v) is 7.49. The lowest BCUT2D eigenvalue weighted by molar-refractivity contribution is 0.0694. The van der Waals surface area contributed by atoms with E-state index in [-0.39, 0.29) is 5.91 Å². The Bertz CT molecular complexity index is 757. The number of rotatable bonds is 3. The Morgan fingerprint density at radius 2 is 1.42 bits per heavy atom. The summed E-state index contributed by atoms with van der Waals surface area (Å²) in [6, 6.07) is 4.77. The van der Waals surface area contributed by atoms with Crippen LogP contribution in [0.1, 0.15) is 36.0 Å². The van der Waals surface area contributed by atoms with E-state index in [2.05, 4.69) is 0 Å². The summed E-state index contributed by atoms with van der Waals surface area (Å²) in [6.07, 6.45) is 3.98. The van der Waals surface area contributed by atoms with Crippen LogP contribution in [0.4, 0.5) is 0 Å². The van der Waals surface area contributed by atoms with Gasteiger partial charge < -0.3 is 4.90 Å². The molecule has 2 heterocycles. The highest BCUT2D eigenvalue weighted by molar-refractivity contribution is 7.86. The van der Waals surface area contributed by atoms with E-state index in [1.807, 2.05) is 0 Å². The van der Waals surface area contributed by atoms with Crippen LogP contribution in [-0.4, -0.2) is 67.1 Å². The number of halogens is 2. The van der Waals surface area contributed by atoms with Crippen LogP contribution in [0, 0.1) is 0 Å². The van der Waals surface area contributed by atoms with Crippen LogP contribution >= 0.6 is 23.2 Å². The molecular weight excluding hydrogens is 397 g/mol. The minimum atomic E-state index is -3.45. The summed E-state index contributed by atoms with van der Waals surface area (Å²) in [5, 5.41) is 0.780. The maximum atomic E-state index is 12.8. The first-order chi connectivity index (χ1) is 12.4. The van der Waals surface area contributed by atoms with Crippen molar-refractivity contribution < 1.29 is 13.2 Å². The molecule has 26 heavy (non-hydrogen) atoms. The Hall–Kier alpha value is -0.860. The van der Waals surface area contributed by atoms with Gasteiger partial charge in [0.15, 0.2) is 0 Å². The zero-order valence-corrected chi connectivity index (χ0v) is 16.9. The monoisotopic (exact) mass is 419 g/mol. The van der Waals surface area contributed by atoms with Gasteiger partial charge in [0.25, 0.3) is 16.1 Å². The molecule has 0 radical (unpaired) electrons. The van der Waals surface area contributed by atoms with Crippen molar-refractivity contribution in [3.8, 4) is 0 Å². The molecule has 2 saturated heterocycles. The average Bonchev–Trinajstić information content (AvgIpc) is 2.91. The van der Waals surface area contributed by atoms with Gasteiger partial charge in [-0.15, -0.1) is 0 Å². The first kappa shape index (κ1) is 19.9. The van der Waals surface area contributed by atoms with Crippen LogP contribution in [0.5, 0.6) is 0 Å². The van der Waals surface area contributed by atoms with E-state index in [1.165, 1.54) is 10.4 Å². The molecule has 2 fully saturated rings. The van der Waals surface area contributed by atoms with Gasteiger partial charge in [-0.2, -0.15) is 17.0 Å². The van der Waals surface area contributed by atoms with Crippen molar-refractivity contribution in [2.75, 3.05) is 39.3 Å². The first-order valence-electron chi connectivity index (χ1n) is 8.89. The number of benzene rings is 1. The quantitative estimate of drug-likeness (QED) is 0.756. The van der Waals surface area contributed by atoms with Crippen LogP contribution in [0.3, 0.4) is 0 Å². The second-order valence-corrected chi connectivity index (χ2v) is 9.41. The molecule has 0 unspecified atom stereocenters. The van der Waals surface area contributed by atoms with Crippen LogP contribution in [0.25, 0.3) is 0 Å². The zero-order chi connectivity index (χ0) is 18.7. The van der Waals surface area contributed by atoms with Gasteiger partial charge in [0.05, 0.1) is 10.6 Å². The summed E-state index contributed by atoms with van der Waals surface area (Å²) < 4.78 is 28.8. The van der Waals surface area contributed by atoms with Crippen LogP contribution in [0.2, 0.25) is 10.0 Å². The molecule has 1 aromatic rings. The molecule has 144 valence electrons. The van der Waals surface area contributed by atoms with Crippen molar-refractivity contribution in [1.82, 2.24) is 13.5 Å². The standard InChI is InChI=1S/C17H23Cl2N3O3S/c18-14-5-6-15(16(19)13-14)17(23)20-9-11-22(12-10-20)26(24,25)21-7-3-1-2-4-8-21/h5-6,13H,1-4,7-12H2. The third kappa shape index (κ3) is 4.34. The van der Waals surface area contributed by atoms with Crippen LogP contribution in [0.15, 0.2) is 18.2 Å². The molecule has 1 aromatic carbocycles. The molecule has 9 heteroatoms. The van der Waals surface area contributed by atoms with E-state index in [1.54, 1.807) is 21.3 Å². The molecule has 2 aliphatic rings. The molecule has 3 rings (SSSR count). The summed E-state index contributed by atoms with van der Waals surface area (Å²) in [5.41, 5.74) is 0.389. The Labute approximate surface area is 164 Å². The van der Waals surface area contributed by atoms with Gasteiger partial charge in [0.2, 0.25) is 0 Å². The Kier molecular flexibility index (Phi) is 6.45. The Morgan fingerprint density at radius 1 is 0.846 bits per heavy atom. The van der Waals surface area contributed by atoms with Crippen molar-refractivity contribution in [3.63, 3.8) is 0 Å². The number of carbonyl (C=O) groups excluding carboxylic acids is 1. The smallest absolute Gasteiger partial charge is 0.282 e. The van der Waals surface area contributed by atoms with Crippen LogP contribution in [-0.2, 0) is 10.2 Å². The van der Waals surface area contributed by atoms with Gasteiger partial charge in [-0.25, -0.2) is 0 Å². The van der Waals surface area contributed by atoms with Gasteiger partial charge in [0, 0.05) is 44.3 Å². The van der Waals surface area contributed by atoms with Gasteiger partial charge in [0.1, 0.15) is 0 Å². The van der Waals surface area contributed by atoms with Gasteiger partial charge in [-0.05, 0) is 31.0 Å². The summed E-state index contributed by atoms with van der Waals surface area (Å²) in [5.74, 6) is -0.196. The lowest BCUT2D eigenvalue weighted by atomic mass is 10.2. The molecule has 0 aromatic heterocycles. The molecule has 0 saturated carbocycles. The number of amides is 1. The highest BCUT2D eigenvalue weighted by Crippen LogP contribution is 2.24. The molecule has 0 bridgehead atoms. The highest BCUT2D eigenvalue weighted by Gasteiger charge is 2.34. The molecule has 0 atom stereocenters. The Balaban J connectivity index is 1.64. The number of hydrogen-bond acceptors (Lipinski definition) is 3. The third-order valence-electron chi connectivity index (χ3n) is 4.90. The normalized spacial score (nSPS) is 20.8. The first-order valence-corrected chi connectivity index (χ1v) is 11.0. The number of nitrogens with zero attached hydrogens (tertiary/aromatic N) is 3. The van der Waals surface area contributed by atoms with Gasteiger partial charge in [-0.3, -0.25) is 4.79 Å². The number of hydrogen-bond donors (Lipinski definition) is 0. The van der Waals surface area contributed by atoms with E-state index in [4.69, 9.17) is 23.2 Å². The fraction of sp³-hybridized carbons (Fsp3) is 0.588. The fourth-order valence-electron chi connectivity index (χ4n) is 3.39. The van der Waals surface area contributed by atoms with E-state index in [0.29, 0.717) is 54.9 Å². The van der Waals surface area contributed by atoms with Crippen molar-refractivity contribution >= 4 is 39.3 Å². The summed E-state index contributed by atoms with van der Waals surface area (Å²) in [6.45, 7) is 2.48.